The molecule has 0 aliphatic carbocycles. The first-order valence-corrected chi connectivity index (χ1v) is 10.5. The van der Waals surface area contributed by atoms with Crippen LogP contribution in [0.5, 0.6) is 5.75 Å². The number of rotatable bonds is 6. The van der Waals surface area contributed by atoms with Gasteiger partial charge < -0.3 is 10.1 Å². The summed E-state index contributed by atoms with van der Waals surface area (Å²) in [5, 5.41) is 11.9. The fourth-order valence-corrected chi connectivity index (χ4v) is 3.94. The first kappa shape index (κ1) is 20.6. The second kappa shape index (κ2) is 9.46. The molecular weight excluding hydrogens is 386 g/mol. The largest absolute Gasteiger partial charge is 0.496 e. The second-order valence-electron chi connectivity index (χ2n) is 7.73. The molecule has 31 heavy (non-hydrogen) atoms. The van der Waals surface area contributed by atoms with Crippen molar-refractivity contribution in [2.24, 2.45) is 0 Å². The molecule has 3 aromatic carbocycles. The van der Waals surface area contributed by atoms with Crippen molar-refractivity contribution in [2.45, 2.75) is 19.4 Å². The van der Waals surface area contributed by atoms with Crippen LogP contribution in [-0.2, 0) is 6.54 Å². The molecule has 1 fully saturated rings. The summed E-state index contributed by atoms with van der Waals surface area (Å²) in [6, 6.07) is 22.7. The molecule has 3 aromatic rings. The number of nitrogens with zero attached hydrogens (tertiary/aromatic N) is 2. The molecule has 5 heteroatoms. The van der Waals surface area contributed by atoms with Gasteiger partial charge in [0.1, 0.15) is 5.75 Å². The molecule has 1 aliphatic heterocycles. The molecule has 0 unspecified atom stereocenters. The number of carbonyl (C=O) groups excluding carboxylic acids is 1. The first-order chi connectivity index (χ1) is 15.2. The van der Waals surface area contributed by atoms with Crippen LogP contribution in [0.15, 0.2) is 66.7 Å². The molecule has 1 N–H and O–H groups in total. The molecule has 0 radical (unpaired) electrons. The van der Waals surface area contributed by atoms with Crippen molar-refractivity contribution < 1.29 is 9.53 Å². The van der Waals surface area contributed by atoms with E-state index in [2.05, 4.69) is 22.4 Å². The van der Waals surface area contributed by atoms with Gasteiger partial charge in [0, 0.05) is 23.4 Å². The minimum absolute atomic E-state index is 0.203. The smallest absolute Gasteiger partial charge is 0.255 e. The Hall–Kier alpha value is -3.62. The third-order valence-corrected chi connectivity index (χ3v) is 5.60. The van der Waals surface area contributed by atoms with Crippen LogP contribution in [0.3, 0.4) is 0 Å². The van der Waals surface area contributed by atoms with E-state index in [1.54, 1.807) is 31.4 Å². The van der Waals surface area contributed by atoms with Crippen molar-refractivity contribution in [1.29, 1.82) is 5.26 Å². The lowest BCUT2D eigenvalue weighted by molar-refractivity contribution is 0.102. The molecule has 0 atom stereocenters. The van der Waals surface area contributed by atoms with Crippen LogP contribution in [0, 0.1) is 11.3 Å². The molecule has 0 spiro atoms. The van der Waals surface area contributed by atoms with Crippen LogP contribution in [-0.4, -0.2) is 31.0 Å². The maximum absolute atomic E-state index is 12.6. The second-order valence-corrected chi connectivity index (χ2v) is 7.73. The van der Waals surface area contributed by atoms with Gasteiger partial charge in [-0.15, -0.1) is 0 Å². The zero-order chi connectivity index (χ0) is 21.6. The Morgan fingerprint density at radius 1 is 1.03 bits per heavy atom. The summed E-state index contributed by atoms with van der Waals surface area (Å²) in [4.78, 5) is 15.0. The van der Waals surface area contributed by atoms with Crippen LogP contribution in [0.2, 0.25) is 0 Å². The molecule has 0 saturated carbocycles. The number of hydrogen-bond acceptors (Lipinski definition) is 4. The van der Waals surface area contributed by atoms with Crippen molar-refractivity contribution in [3.63, 3.8) is 0 Å². The van der Waals surface area contributed by atoms with Gasteiger partial charge in [0.25, 0.3) is 5.91 Å². The number of likely N-dealkylation sites (tertiary alicyclic amines) is 1. The van der Waals surface area contributed by atoms with Crippen LogP contribution >= 0.6 is 0 Å². The third-order valence-electron chi connectivity index (χ3n) is 5.60. The zero-order valence-corrected chi connectivity index (χ0v) is 17.6. The van der Waals surface area contributed by atoms with Gasteiger partial charge in [0.05, 0.1) is 18.7 Å². The van der Waals surface area contributed by atoms with Crippen LogP contribution < -0.4 is 10.1 Å². The number of anilines is 1. The lowest BCUT2D eigenvalue weighted by Gasteiger charge is -2.18. The zero-order valence-electron chi connectivity index (χ0n) is 17.6. The van der Waals surface area contributed by atoms with Gasteiger partial charge in [-0.05, 0) is 85.6 Å². The number of benzene rings is 3. The average Bonchev–Trinajstić information content (AvgIpc) is 3.32. The Balaban J connectivity index is 1.54. The number of hydrogen-bond donors (Lipinski definition) is 1. The Kier molecular flexibility index (Phi) is 6.30. The van der Waals surface area contributed by atoms with Gasteiger partial charge in [-0.3, -0.25) is 9.69 Å². The topological polar surface area (TPSA) is 65.4 Å². The highest BCUT2D eigenvalue weighted by molar-refractivity contribution is 6.04. The highest BCUT2D eigenvalue weighted by Gasteiger charge is 2.15. The first-order valence-electron chi connectivity index (χ1n) is 10.5. The van der Waals surface area contributed by atoms with E-state index in [0.29, 0.717) is 11.1 Å². The predicted molar refractivity (Wildman–Crippen MR) is 122 cm³/mol. The van der Waals surface area contributed by atoms with Gasteiger partial charge in [0.2, 0.25) is 0 Å². The Bertz CT molecular complexity index is 1110. The van der Waals surface area contributed by atoms with Crippen molar-refractivity contribution >= 4 is 11.6 Å². The lowest BCUT2D eigenvalue weighted by Crippen LogP contribution is -2.18. The Morgan fingerprint density at radius 2 is 1.77 bits per heavy atom. The molecular formula is C26H25N3O2. The van der Waals surface area contributed by atoms with Gasteiger partial charge in [-0.2, -0.15) is 5.26 Å². The molecule has 4 rings (SSSR count). The van der Waals surface area contributed by atoms with Crippen molar-refractivity contribution in [2.75, 3.05) is 25.5 Å². The maximum Gasteiger partial charge on any atom is 0.255 e. The van der Waals surface area contributed by atoms with Crippen LogP contribution in [0.25, 0.3) is 11.1 Å². The van der Waals surface area contributed by atoms with Crippen LogP contribution in [0.4, 0.5) is 5.69 Å². The molecule has 156 valence electrons. The lowest BCUT2D eigenvalue weighted by atomic mass is 10.0. The summed E-state index contributed by atoms with van der Waals surface area (Å²) in [6.45, 7) is 3.14. The van der Waals surface area contributed by atoms with Crippen molar-refractivity contribution in [1.82, 2.24) is 4.90 Å². The number of nitriles is 1. The minimum Gasteiger partial charge on any atom is -0.496 e. The van der Waals surface area contributed by atoms with E-state index in [9.17, 15) is 4.79 Å². The van der Waals surface area contributed by atoms with E-state index < -0.39 is 0 Å². The van der Waals surface area contributed by atoms with Gasteiger partial charge in [0.15, 0.2) is 0 Å². The molecule has 1 amide bonds. The predicted octanol–water partition coefficient (Wildman–Crippen LogP) is 5.08. The third kappa shape index (κ3) is 4.93. The normalized spacial score (nSPS) is 13.5. The molecule has 1 saturated heterocycles. The molecule has 1 aliphatic rings. The molecule has 0 aromatic heterocycles. The van der Waals surface area contributed by atoms with Gasteiger partial charge >= 0.3 is 0 Å². The van der Waals surface area contributed by atoms with E-state index in [1.807, 2.05) is 36.4 Å². The van der Waals surface area contributed by atoms with E-state index in [4.69, 9.17) is 10.00 Å². The van der Waals surface area contributed by atoms with E-state index in [0.717, 1.165) is 42.2 Å². The fraction of sp³-hybridized carbons (Fsp3) is 0.231. The summed E-state index contributed by atoms with van der Waals surface area (Å²) in [5.41, 5.74) is 5.06. The Labute approximate surface area is 182 Å². The van der Waals surface area contributed by atoms with E-state index in [-0.39, 0.29) is 5.91 Å². The number of nitrogens with one attached hydrogen (secondary N) is 1. The number of methoxy groups -OCH3 is 1. The van der Waals surface area contributed by atoms with Crippen LogP contribution in [0.1, 0.15) is 34.3 Å². The highest BCUT2D eigenvalue weighted by atomic mass is 16.5. The summed E-state index contributed by atoms with van der Waals surface area (Å²) < 4.78 is 5.58. The maximum atomic E-state index is 12.6. The van der Waals surface area contributed by atoms with E-state index in [1.165, 1.54) is 18.4 Å². The van der Waals surface area contributed by atoms with Gasteiger partial charge in [-0.25, -0.2) is 0 Å². The molecule has 1 heterocycles. The summed E-state index contributed by atoms with van der Waals surface area (Å²) in [5.74, 6) is 0.701. The number of amides is 1. The van der Waals surface area contributed by atoms with Crippen molar-refractivity contribution in [3.8, 4) is 22.9 Å². The summed E-state index contributed by atoms with van der Waals surface area (Å²) in [7, 11) is 1.71. The average molecular weight is 412 g/mol. The molecule has 0 bridgehead atoms. The minimum atomic E-state index is -0.203. The van der Waals surface area contributed by atoms with Crippen molar-refractivity contribution in [3.05, 3.63) is 83.4 Å². The van der Waals surface area contributed by atoms with Gasteiger partial charge in [-0.1, -0.05) is 18.2 Å². The quantitative estimate of drug-likeness (QED) is 0.614. The standard InChI is InChI=1S/C26H25N3O2/c1-31-25-12-11-22(15-23(25)18-29-13-2-3-14-29)21-5-4-6-24(16-21)28-26(30)20-9-7-19(17-27)8-10-20/h4-12,15-16H,2-3,13-14,18H2,1H3,(H,28,30). The highest BCUT2D eigenvalue weighted by Crippen LogP contribution is 2.30. The summed E-state index contributed by atoms with van der Waals surface area (Å²) >= 11 is 0. The fourth-order valence-electron chi connectivity index (χ4n) is 3.94. The number of ether oxygens (including phenoxy) is 1. The number of carbonyl (C=O) groups is 1. The SMILES string of the molecule is COc1ccc(-c2cccc(NC(=O)c3ccc(C#N)cc3)c2)cc1CN1CCCC1. The Morgan fingerprint density at radius 3 is 2.48 bits per heavy atom. The van der Waals surface area contributed by atoms with E-state index >= 15 is 0 Å². The monoisotopic (exact) mass is 411 g/mol. The molecule has 5 nitrogen and oxygen atoms in total. The summed E-state index contributed by atoms with van der Waals surface area (Å²) in [6.07, 6.45) is 2.51.